The number of piperidine rings is 1. The van der Waals surface area contributed by atoms with Crippen LogP contribution in [0.1, 0.15) is 54.9 Å². The number of likely N-dealkylation sites (tertiary alicyclic amines) is 1. The second-order valence-corrected chi connectivity index (χ2v) is 9.02. The lowest BCUT2D eigenvalue weighted by atomic mass is 9.90. The first-order valence-corrected chi connectivity index (χ1v) is 11.2. The molecule has 1 fully saturated rings. The molecule has 0 bridgehead atoms. The van der Waals surface area contributed by atoms with E-state index < -0.39 is 11.6 Å². The number of allylic oxidation sites excluding steroid dienone is 1. The summed E-state index contributed by atoms with van der Waals surface area (Å²) in [5.41, 5.74) is 0.883. The minimum absolute atomic E-state index is 0.265. The Kier molecular flexibility index (Phi) is 5.63. The van der Waals surface area contributed by atoms with Crippen molar-refractivity contribution in [2.45, 2.75) is 50.7 Å². The Morgan fingerprint density at radius 3 is 2.61 bits per heavy atom. The predicted molar refractivity (Wildman–Crippen MR) is 110 cm³/mol. The molecule has 1 aromatic rings. The Bertz CT molecular complexity index is 811. The number of thioether (sulfide) groups is 1. The number of fused-ring (bicyclic) bond motifs is 2. The number of rotatable bonds is 5. The van der Waals surface area contributed by atoms with Crippen molar-refractivity contribution in [1.82, 2.24) is 4.90 Å². The number of ketones is 2. The number of carbonyl (C=O) groups is 2. The van der Waals surface area contributed by atoms with E-state index in [4.69, 9.17) is 4.74 Å². The molecule has 4 rings (SSSR count). The van der Waals surface area contributed by atoms with E-state index in [0.717, 1.165) is 50.8 Å². The highest BCUT2D eigenvalue weighted by molar-refractivity contribution is 8.04. The lowest BCUT2D eigenvalue weighted by Gasteiger charge is -2.45. The Morgan fingerprint density at radius 1 is 1.18 bits per heavy atom. The molecule has 0 aromatic heterocycles. The number of ether oxygens (including phenoxy) is 1. The molecule has 3 aliphatic rings. The Labute approximate surface area is 170 Å². The zero-order valence-electron chi connectivity index (χ0n) is 16.3. The number of unbranched alkanes of at least 4 members (excludes halogenated alkanes) is 1. The number of nitrogens with zero attached hydrogens (tertiary/aromatic N) is 1. The third-order valence-electron chi connectivity index (χ3n) is 5.96. The quantitative estimate of drug-likeness (QED) is 0.764. The number of aliphatic hydroxyl groups is 1. The first-order chi connectivity index (χ1) is 13.5. The zero-order chi connectivity index (χ0) is 19.7. The van der Waals surface area contributed by atoms with Gasteiger partial charge in [0.15, 0.2) is 0 Å². The second kappa shape index (κ2) is 8.01. The summed E-state index contributed by atoms with van der Waals surface area (Å²) < 4.78 is 6.48. The zero-order valence-corrected chi connectivity index (χ0v) is 17.1. The van der Waals surface area contributed by atoms with Crippen molar-refractivity contribution in [3.05, 3.63) is 40.3 Å². The molecule has 1 spiro atoms. The molecule has 1 atom stereocenters. The molecule has 1 aliphatic carbocycles. The molecule has 150 valence electrons. The lowest BCUT2D eigenvalue weighted by Crippen LogP contribution is -2.50. The second-order valence-electron chi connectivity index (χ2n) is 8.03. The molecule has 1 unspecified atom stereocenters. The van der Waals surface area contributed by atoms with Gasteiger partial charge in [-0.2, -0.15) is 0 Å². The van der Waals surface area contributed by atoms with Crippen molar-refractivity contribution in [2.24, 2.45) is 0 Å². The monoisotopic (exact) mass is 401 g/mol. The standard InChI is InChI=1S/C22H27NO4S/c1-2-3-6-15(24)13-23-11-9-22(10-12-23)14-28-21-19(26)18(25)16-7-4-5-8-17(16)20(21)27-22/h4-5,7-8,15,24H,2-3,6,9-14H2,1H3. The third kappa shape index (κ3) is 3.65. The SMILES string of the molecule is CCCCC(O)CN1CCC2(CC1)CSC1=C(O2)c2ccccc2C(=O)C1=O. The maximum absolute atomic E-state index is 12.5. The normalized spacial score (nSPS) is 22.6. The lowest BCUT2D eigenvalue weighted by molar-refractivity contribution is -0.111. The molecular formula is C22H27NO4S. The summed E-state index contributed by atoms with van der Waals surface area (Å²) >= 11 is 1.47. The van der Waals surface area contributed by atoms with Gasteiger partial charge in [0.2, 0.25) is 11.6 Å². The van der Waals surface area contributed by atoms with E-state index in [1.807, 2.05) is 12.1 Å². The average molecular weight is 402 g/mol. The maximum Gasteiger partial charge on any atom is 0.243 e. The summed E-state index contributed by atoms with van der Waals surface area (Å²) in [7, 11) is 0. The van der Waals surface area contributed by atoms with Crippen LogP contribution in [0, 0.1) is 0 Å². The fourth-order valence-corrected chi connectivity index (χ4v) is 5.49. The van der Waals surface area contributed by atoms with Gasteiger partial charge in [0.1, 0.15) is 16.3 Å². The molecule has 5 nitrogen and oxygen atoms in total. The van der Waals surface area contributed by atoms with E-state index in [1.165, 1.54) is 11.8 Å². The van der Waals surface area contributed by atoms with Crippen LogP contribution in [0.5, 0.6) is 0 Å². The van der Waals surface area contributed by atoms with Gasteiger partial charge in [-0.1, -0.05) is 44.0 Å². The van der Waals surface area contributed by atoms with Gasteiger partial charge in [-0.05, 0) is 6.42 Å². The maximum atomic E-state index is 12.5. The fourth-order valence-electron chi connectivity index (χ4n) is 4.23. The van der Waals surface area contributed by atoms with Crippen LogP contribution in [-0.4, -0.2) is 58.7 Å². The number of benzene rings is 1. The van der Waals surface area contributed by atoms with Crippen molar-refractivity contribution >= 4 is 29.1 Å². The summed E-state index contributed by atoms with van der Waals surface area (Å²) in [6.07, 6.45) is 4.48. The van der Waals surface area contributed by atoms with Gasteiger partial charge in [-0.15, -0.1) is 11.8 Å². The number of hydrogen-bond acceptors (Lipinski definition) is 6. The van der Waals surface area contributed by atoms with Gasteiger partial charge < -0.3 is 14.7 Å². The number of aliphatic hydroxyl groups excluding tert-OH is 1. The average Bonchev–Trinajstić information content (AvgIpc) is 2.72. The molecule has 28 heavy (non-hydrogen) atoms. The minimum Gasteiger partial charge on any atom is -0.484 e. The van der Waals surface area contributed by atoms with Gasteiger partial charge in [0, 0.05) is 49.4 Å². The van der Waals surface area contributed by atoms with Crippen LogP contribution in [0.4, 0.5) is 0 Å². The predicted octanol–water partition coefficient (Wildman–Crippen LogP) is 3.27. The van der Waals surface area contributed by atoms with Crippen LogP contribution in [-0.2, 0) is 9.53 Å². The van der Waals surface area contributed by atoms with Crippen LogP contribution < -0.4 is 0 Å². The highest BCUT2D eigenvalue weighted by atomic mass is 32.2. The van der Waals surface area contributed by atoms with Crippen LogP contribution in [0.15, 0.2) is 29.2 Å². The van der Waals surface area contributed by atoms with Crippen molar-refractivity contribution in [2.75, 3.05) is 25.4 Å². The molecule has 2 heterocycles. The van der Waals surface area contributed by atoms with Gasteiger partial charge in [0.25, 0.3) is 0 Å². The highest BCUT2D eigenvalue weighted by Crippen LogP contribution is 2.47. The third-order valence-corrected chi connectivity index (χ3v) is 7.29. The van der Waals surface area contributed by atoms with Crippen LogP contribution in [0.2, 0.25) is 0 Å². The molecule has 1 aromatic carbocycles. The molecule has 0 saturated carbocycles. The Morgan fingerprint density at radius 2 is 1.89 bits per heavy atom. The van der Waals surface area contributed by atoms with E-state index in [1.54, 1.807) is 12.1 Å². The van der Waals surface area contributed by atoms with Crippen LogP contribution >= 0.6 is 11.8 Å². The smallest absolute Gasteiger partial charge is 0.243 e. The first kappa shape index (κ1) is 19.7. The molecule has 0 radical (unpaired) electrons. The summed E-state index contributed by atoms with van der Waals surface area (Å²) in [6, 6.07) is 7.23. The van der Waals surface area contributed by atoms with Crippen LogP contribution in [0.25, 0.3) is 5.76 Å². The van der Waals surface area contributed by atoms with E-state index in [2.05, 4.69) is 11.8 Å². The van der Waals surface area contributed by atoms with E-state index in [0.29, 0.717) is 28.5 Å². The molecule has 1 saturated heterocycles. The number of Topliss-reactive ketones (excluding diaryl/α,β-unsaturated/α-hetero) is 2. The minimum atomic E-state index is -0.440. The van der Waals surface area contributed by atoms with E-state index in [-0.39, 0.29) is 11.7 Å². The van der Waals surface area contributed by atoms with Crippen molar-refractivity contribution in [1.29, 1.82) is 0 Å². The molecule has 0 amide bonds. The van der Waals surface area contributed by atoms with Gasteiger partial charge in [-0.25, -0.2) is 0 Å². The topological polar surface area (TPSA) is 66.8 Å². The summed E-state index contributed by atoms with van der Waals surface area (Å²) in [5.74, 6) is 0.411. The highest BCUT2D eigenvalue weighted by Gasteiger charge is 2.45. The van der Waals surface area contributed by atoms with Gasteiger partial charge in [0.05, 0.1) is 6.10 Å². The fraction of sp³-hybridized carbons (Fsp3) is 0.545. The summed E-state index contributed by atoms with van der Waals surface area (Å²) in [4.78, 5) is 27.7. The summed E-state index contributed by atoms with van der Waals surface area (Å²) in [5, 5.41) is 10.2. The molecular weight excluding hydrogens is 374 g/mol. The Hall–Kier alpha value is -1.63. The largest absolute Gasteiger partial charge is 0.484 e. The number of β-amino-alcohol motifs (C(OH)–C–C–N with tert-alkyl or cyclic N) is 1. The molecule has 6 heteroatoms. The van der Waals surface area contributed by atoms with Gasteiger partial charge >= 0.3 is 0 Å². The molecule has 2 aliphatic heterocycles. The van der Waals surface area contributed by atoms with Crippen molar-refractivity contribution in [3.63, 3.8) is 0 Å². The van der Waals surface area contributed by atoms with Gasteiger partial charge in [-0.3, -0.25) is 9.59 Å². The van der Waals surface area contributed by atoms with E-state index in [9.17, 15) is 14.7 Å². The number of hydrogen-bond donors (Lipinski definition) is 1. The van der Waals surface area contributed by atoms with Crippen molar-refractivity contribution in [3.8, 4) is 0 Å². The van der Waals surface area contributed by atoms with Crippen LogP contribution in [0.3, 0.4) is 0 Å². The van der Waals surface area contributed by atoms with E-state index >= 15 is 0 Å². The van der Waals surface area contributed by atoms with Crippen molar-refractivity contribution < 1.29 is 19.4 Å². The summed E-state index contributed by atoms with van der Waals surface area (Å²) in [6.45, 7) is 4.61. The Balaban J connectivity index is 1.47. The first-order valence-electron chi connectivity index (χ1n) is 10.2. The number of carbonyl (C=O) groups excluding carboxylic acids is 2. The molecule has 1 N–H and O–H groups in total.